The minimum atomic E-state index is -0.938. The molecule has 8 heteroatoms. The van der Waals surface area contributed by atoms with Crippen LogP contribution in [-0.4, -0.2) is 35.4 Å². The van der Waals surface area contributed by atoms with E-state index >= 15 is 0 Å². The molecule has 1 N–H and O–H groups in total. The summed E-state index contributed by atoms with van der Waals surface area (Å²) in [6.45, 7) is 5.91. The SMILES string of the molecule is CCOC(=O)C1=C(C)NC(=O)N(C(C)=O)C1c1ccc(OC(C)=O)cc1. The molecule has 1 unspecified atom stereocenters. The highest BCUT2D eigenvalue weighted by atomic mass is 16.5. The third kappa shape index (κ3) is 3.90. The Morgan fingerprint density at radius 2 is 1.77 bits per heavy atom. The van der Waals surface area contributed by atoms with Gasteiger partial charge in [0, 0.05) is 19.5 Å². The molecule has 1 atom stereocenters. The first-order valence-electron chi connectivity index (χ1n) is 8.03. The summed E-state index contributed by atoms with van der Waals surface area (Å²) < 4.78 is 10.1. The monoisotopic (exact) mass is 360 g/mol. The number of esters is 2. The number of ether oxygens (including phenoxy) is 2. The Hall–Kier alpha value is -3.16. The number of urea groups is 1. The Morgan fingerprint density at radius 1 is 1.15 bits per heavy atom. The summed E-state index contributed by atoms with van der Waals surface area (Å²) in [6.07, 6.45) is 0. The number of nitrogens with zero attached hydrogens (tertiary/aromatic N) is 1. The first kappa shape index (κ1) is 19.2. The van der Waals surface area contributed by atoms with Crippen molar-refractivity contribution in [3.63, 3.8) is 0 Å². The number of imide groups is 1. The van der Waals surface area contributed by atoms with Crippen LogP contribution in [0.1, 0.15) is 39.3 Å². The van der Waals surface area contributed by atoms with Gasteiger partial charge in [-0.3, -0.25) is 14.5 Å². The zero-order valence-electron chi connectivity index (χ0n) is 15.0. The lowest BCUT2D eigenvalue weighted by Crippen LogP contribution is -2.50. The van der Waals surface area contributed by atoms with E-state index in [4.69, 9.17) is 9.47 Å². The summed E-state index contributed by atoms with van der Waals surface area (Å²) in [7, 11) is 0. The quantitative estimate of drug-likeness (QED) is 0.651. The summed E-state index contributed by atoms with van der Waals surface area (Å²) >= 11 is 0. The van der Waals surface area contributed by atoms with Crippen molar-refractivity contribution >= 4 is 23.9 Å². The van der Waals surface area contributed by atoms with Crippen LogP contribution in [0.2, 0.25) is 0 Å². The first-order valence-corrected chi connectivity index (χ1v) is 8.03. The van der Waals surface area contributed by atoms with Crippen molar-refractivity contribution < 1.29 is 28.7 Å². The number of carbonyl (C=O) groups excluding carboxylic acids is 4. The molecular formula is C18H20N2O6. The Morgan fingerprint density at radius 3 is 2.27 bits per heavy atom. The molecular weight excluding hydrogens is 340 g/mol. The number of amides is 3. The summed E-state index contributed by atoms with van der Waals surface area (Å²) in [5.74, 6) is -1.30. The Bertz CT molecular complexity index is 781. The van der Waals surface area contributed by atoms with Crippen molar-refractivity contribution in [3.8, 4) is 5.75 Å². The van der Waals surface area contributed by atoms with E-state index in [1.807, 2.05) is 0 Å². The zero-order chi connectivity index (χ0) is 19.4. The second kappa shape index (κ2) is 7.81. The number of nitrogens with one attached hydrogen (secondary N) is 1. The topological polar surface area (TPSA) is 102 Å². The largest absolute Gasteiger partial charge is 0.463 e. The van der Waals surface area contributed by atoms with Gasteiger partial charge in [-0.25, -0.2) is 9.59 Å². The molecule has 0 saturated heterocycles. The molecule has 26 heavy (non-hydrogen) atoms. The van der Waals surface area contributed by atoms with E-state index in [-0.39, 0.29) is 12.2 Å². The van der Waals surface area contributed by atoms with Gasteiger partial charge in [0.05, 0.1) is 12.2 Å². The van der Waals surface area contributed by atoms with Gasteiger partial charge < -0.3 is 14.8 Å². The lowest BCUT2D eigenvalue weighted by atomic mass is 9.93. The lowest BCUT2D eigenvalue weighted by Gasteiger charge is -2.35. The van der Waals surface area contributed by atoms with E-state index < -0.39 is 29.9 Å². The molecule has 0 bridgehead atoms. The maximum atomic E-state index is 12.4. The number of allylic oxidation sites excluding steroid dienone is 1. The van der Waals surface area contributed by atoms with Gasteiger partial charge in [0.2, 0.25) is 5.91 Å². The van der Waals surface area contributed by atoms with Gasteiger partial charge in [0.1, 0.15) is 11.8 Å². The molecule has 0 fully saturated rings. The maximum absolute atomic E-state index is 12.4. The molecule has 0 spiro atoms. The zero-order valence-corrected chi connectivity index (χ0v) is 15.0. The fourth-order valence-corrected chi connectivity index (χ4v) is 2.74. The van der Waals surface area contributed by atoms with Crippen molar-refractivity contribution in [1.29, 1.82) is 0 Å². The minimum Gasteiger partial charge on any atom is -0.463 e. The van der Waals surface area contributed by atoms with Gasteiger partial charge in [-0.05, 0) is 31.5 Å². The average molecular weight is 360 g/mol. The number of hydrogen-bond acceptors (Lipinski definition) is 6. The van der Waals surface area contributed by atoms with Gasteiger partial charge in [0.15, 0.2) is 0 Å². The Balaban J connectivity index is 2.54. The predicted molar refractivity (Wildman–Crippen MR) is 90.9 cm³/mol. The minimum absolute atomic E-state index is 0.155. The smallest absolute Gasteiger partial charge is 0.338 e. The Kier molecular flexibility index (Phi) is 5.76. The van der Waals surface area contributed by atoms with Crippen molar-refractivity contribution in [2.24, 2.45) is 0 Å². The Labute approximate surface area is 150 Å². The van der Waals surface area contributed by atoms with Crippen molar-refractivity contribution in [2.45, 2.75) is 33.7 Å². The van der Waals surface area contributed by atoms with E-state index in [1.165, 1.54) is 26.0 Å². The highest BCUT2D eigenvalue weighted by Crippen LogP contribution is 2.35. The fraction of sp³-hybridized carbons (Fsp3) is 0.333. The lowest BCUT2D eigenvalue weighted by molar-refractivity contribution is -0.140. The number of rotatable bonds is 4. The molecule has 3 amide bonds. The van der Waals surface area contributed by atoms with Crippen molar-refractivity contribution in [1.82, 2.24) is 10.2 Å². The molecule has 2 rings (SSSR count). The molecule has 138 valence electrons. The number of benzene rings is 1. The normalized spacial score (nSPS) is 16.8. The van der Waals surface area contributed by atoms with Crippen LogP contribution < -0.4 is 10.1 Å². The van der Waals surface area contributed by atoms with Crippen LogP contribution >= 0.6 is 0 Å². The van der Waals surface area contributed by atoms with Crippen LogP contribution in [0.5, 0.6) is 5.75 Å². The van der Waals surface area contributed by atoms with Crippen LogP contribution in [0.25, 0.3) is 0 Å². The van der Waals surface area contributed by atoms with E-state index in [0.717, 1.165) is 4.90 Å². The fourth-order valence-electron chi connectivity index (χ4n) is 2.74. The second-order valence-corrected chi connectivity index (χ2v) is 5.64. The molecule has 0 radical (unpaired) electrons. The van der Waals surface area contributed by atoms with E-state index in [2.05, 4.69) is 5.32 Å². The van der Waals surface area contributed by atoms with E-state index in [9.17, 15) is 19.2 Å². The molecule has 1 aliphatic heterocycles. The highest BCUT2D eigenvalue weighted by Gasteiger charge is 2.40. The highest BCUT2D eigenvalue weighted by molar-refractivity contribution is 6.01. The molecule has 0 saturated carbocycles. The third-order valence-corrected chi connectivity index (χ3v) is 3.74. The van der Waals surface area contributed by atoms with Crippen molar-refractivity contribution in [2.75, 3.05) is 6.61 Å². The molecule has 1 aromatic rings. The molecule has 0 aromatic heterocycles. The van der Waals surface area contributed by atoms with Gasteiger partial charge in [-0.15, -0.1) is 0 Å². The standard InChI is InChI=1S/C18H20N2O6/c1-5-25-17(23)15-10(2)19-18(24)20(11(3)21)16(15)13-6-8-14(9-7-13)26-12(4)22/h6-9,16H,5H2,1-4H3,(H,19,24). The third-order valence-electron chi connectivity index (χ3n) is 3.74. The second-order valence-electron chi connectivity index (χ2n) is 5.64. The summed E-state index contributed by atoms with van der Waals surface area (Å²) in [6, 6.07) is 4.66. The van der Waals surface area contributed by atoms with Gasteiger partial charge in [0.25, 0.3) is 0 Å². The van der Waals surface area contributed by atoms with Gasteiger partial charge in [-0.2, -0.15) is 0 Å². The van der Waals surface area contributed by atoms with Crippen molar-refractivity contribution in [3.05, 3.63) is 41.1 Å². The molecule has 8 nitrogen and oxygen atoms in total. The van der Waals surface area contributed by atoms with Crippen LogP contribution in [0.4, 0.5) is 4.79 Å². The molecule has 1 aromatic carbocycles. The van der Waals surface area contributed by atoms with Crippen LogP contribution in [-0.2, 0) is 19.1 Å². The summed E-state index contributed by atoms with van der Waals surface area (Å²) in [4.78, 5) is 48.8. The maximum Gasteiger partial charge on any atom is 0.338 e. The predicted octanol–water partition coefficient (Wildman–Crippen LogP) is 2.06. The van der Waals surface area contributed by atoms with Gasteiger partial charge >= 0.3 is 18.0 Å². The first-order chi connectivity index (χ1) is 12.3. The number of hydrogen-bond donors (Lipinski definition) is 1. The molecule has 1 aliphatic rings. The number of carbonyl (C=O) groups is 4. The summed E-state index contributed by atoms with van der Waals surface area (Å²) in [5, 5.41) is 2.51. The van der Waals surface area contributed by atoms with Crippen LogP contribution in [0.3, 0.4) is 0 Å². The summed E-state index contributed by atoms with van der Waals surface area (Å²) in [5.41, 5.74) is 0.996. The van der Waals surface area contributed by atoms with Gasteiger partial charge in [-0.1, -0.05) is 12.1 Å². The van der Waals surface area contributed by atoms with E-state index in [0.29, 0.717) is 17.0 Å². The molecule has 0 aliphatic carbocycles. The molecule has 1 heterocycles. The van der Waals surface area contributed by atoms with Crippen LogP contribution in [0, 0.1) is 0 Å². The van der Waals surface area contributed by atoms with E-state index in [1.54, 1.807) is 26.0 Å². The van der Waals surface area contributed by atoms with Crippen LogP contribution in [0.15, 0.2) is 35.5 Å². The average Bonchev–Trinajstić information content (AvgIpc) is 2.54.